The summed E-state index contributed by atoms with van der Waals surface area (Å²) in [4.78, 5) is 5.45. The maximum Gasteiger partial charge on any atom is 0.170 e. The van der Waals surface area contributed by atoms with Crippen LogP contribution in [-0.2, 0) is 9.73 Å². The molecule has 0 amide bonds. The molecule has 0 aliphatic heterocycles. The monoisotopic (exact) mass is 492 g/mol. The van der Waals surface area contributed by atoms with Gasteiger partial charge in [0.15, 0.2) is 5.82 Å². The number of fused-ring (bicyclic) bond motifs is 2. The number of hydrogen-bond donors (Lipinski definition) is 1. The fourth-order valence-corrected chi connectivity index (χ4v) is 5.59. The Morgan fingerprint density at radius 3 is 2.53 bits per heavy atom. The van der Waals surface area contributed by atoms with Crippen molar-refractivity contribution >= 4 is 48.8 Å². The van der Waals surface area contributed by atoms with Crippen molar-refractivity contribution in [1.82, 2.24) is 15.2 Å². The molecule has 0 saturated heterocycles. The minimum Gasteiger partial charge on any atom is -0.278 e. The molecule has 1 unspecified atom stereocenters. The van der Waals surface area contributed by atoms with Gasteiger partial charge in [-0.05, 0) is 59.3 Å². The summed E-state index contributed by atoms with van der Waals surface area (Å²) in [6.07, 6.45) is 3.34. The molecule has 0 fully saturated rings. The molecule has 0 spiro atoms. The molecule has 2 aromatic heterocycles. The summed E-state index contributed by atoms with van der Waals surface area (Å²) < 4.78 is 32.1. The lowest BCUT2D eigenvalue weighted by Gasteiger charge is -2.18. The molecule has 34 heavy (non-hydrogen) atoms. The van der Waals surface area contributed by atoms with E-state index in [1.807, 2.05) is 26.0 Å². The average Bonchev–Trinajstić information content (AvgIpc) is 3.26. The van der Waals surface area contributed by atoms with E-state index in [0.717, 1.165) is 38.5 Å². The van der Waals surface area contributed by atoms with Gasteiger partial charge in [-0.2, -0.15) is 9.46 Å². The van der Waals surface area contributed by atoms with Crippen LogP contribution in [0.3, 0.4) is 0 Å². The van der Waals surface area contributed by atoms with Gasteiger partial charge in [0, 0.05) is 32.5 Å². The number of nitrogens with one attached hydrogen (secondary N) is 1. The summed E-state index contributed by atoms with van der Waals surface area (Å²) >= 11 is 6.15. The average molecular weight is 493 g/mol. The van der Waals surface area contributed by atoms with Crippen molar-refractivity contribution in [2.24, 2.45) is 4.36 Å². The van der Waals surface area contributed by atoms with Gasteiger partial charge in [-0.15, -0.1) is 0 Å². The van der Waals surface area contributed by atoms with E-state index in [2.05, 4.69) is 14.6 Å². The van der Waals surface area contributed by atoms with E-state index in [9.17, 15) is 8.60 Å². The topological polar surface area (TPSA) is 71.0 Å². The van der Waals surface area contributed by atoms with Gasteiger partial charge >= 0.3 is 0 Å². The summed E-state index contributed by atoms with van der Waals surface area (Å²) in [6, 6.07) is 17.2. The normalized spacial score (nSPS) is 13.5. The van der Waals surface area contributed by atoms with Crippen LogP contribution in [0.4, 0.5) is 10.2 Å². The first-order valence-corrected chi connectivity index (χ1v) is 13.1. The van der Waals surface area contributed by atoms with Gasteiger partial charge in [0.2, 0.25) is 0 Å². The van der Waals surface area contributed by atoms with E-state index in [1.165, 1.54) is 12.1 Å². The van der Waals surface area contributed by atoms with Crippen LogP contribution >= 0.6 is 11.6 Å². The molecule has 1 N–H and O–H groups in total. The van der Waals surface area contributed by atoms with Crippen LogP contribution in [0.25, 0.3) is 32.8 Å². The van der Waals surface area contributed by atoms with E-state index in [1.54, 1.807) is 48.9 Å². The smallest absolute Gasteiger partial charge is 0.170 e. The van der Waals surface area contributed by atoms with Crippen molar-refractivity contribution in [2.75, 3.05) is 6.26 Å². The molecule has 3 aromatic carbocycles. The Labute approximate surface area is 202 Å². The predicted octanol–water partition coefficient (Wildman–Crippen LogP) is 7.48. The fourth-order valence-electron chi connectivity index (χ4n) is 4.08. The zero-order valence-corrected chi connectivity index (χ0v) is 20.4. The van der Waals surface area contributed by atoms with Gasteiger partial charge in [-0.1, -0.05) is 43.6 Å². The van der Waals surface area contributed by atoms with Gasteiger partial charge in [0.05, 0.1) is 27.1 Å². The highest BCUT2D eigenvalue weighted by Gasteiger charge is 2.20. The highest BCUT2D eigenvalue weighted by Crippen LogP contribution is 2.41. The zero-order valence-electron chi connectivity index (χ0n) is 18.8. The standard InChI is InChI=1S/C26H22ClFN4OS/c1-15(2)25-24(16-7-9-19(28)10-8-16)21-11-17-14-29-31-23(17)13-22(21)26(30-25)32-34(3,33)20-6-4-5-18(27)12-20/h4-15H,1-3H3,(H,29,31). The molecule has 5 nitrogen and oxygen atoms in total. The van der Waals surface area contributed by atoms with Gasteiger partial charge in [-0.25, -0.2) is 13.6 Å². The largest absolute Gasteiger partial charge is 0.278 e. The molecule has 0 aliphatic carbocycles. The second kappa shape index (κ2) is 8.49. The summed E-state index contributed by atoms with van der Waals surface area (Å²) in [6.45, 7) is 4.09. The predicted molar refractivity (Wildman–Crippen MR) is 137 cm³/mol. The van der Waals surface area contributed by atoms with Crippen LogP contribution in [0.1, 0.15) is 25.5 Å². The van der Waals surface area contributed by atoms with E-state index < -0.39 is 9.73 Å². The van der Waals surface area contributed by atoms with Crippen molar-refractivity contribution < 1.29 is 8.60 Å². The summed E-state index contributed by atoms with van der Waals surface area (Å²) in [5, 5.41) is 10.2. The van der Waals surface area contributed by atoms with Crippen LogP contribution in [0, 0.1) is 5.82 Å². The highest BCUT2D eigenvalue weighted by atomic mass is 35.5. The molecular weight excluding hydrogens is 471 g/mol. The van der Waals surface area contributed by atoms with Crippen LogP contribution in [-0.4, -0.2) is 25.6 Å². The molecule has 0 bridgehead atoms. The number of pyridine rings is 1. The lowest BCUT2D eigenvalue weighted by atomic mass is 9.92. The third kappa shape index (κ3) is 4.06. The van der Waals surface area contributed by atoms with Crippen molar-refractivity contribution in [2.45, 2.75) is 24.7 Å². The maximum absolute atomic E-state index is 13.7. The molecule has 1 atom stereocenters. The summed E-state index contributed by atoms with van der Waals surface area (Å²) in [5.41, 5.74) is 3.36. The lowest BCUT2D eigenvalue weighted by molar-refractivity contribution is 0.628. The van der Waals surface area contributed by atoms with Crippen LogP contribution in [0.15, 0.2) is 76.1 Å². The van der Waals surface area contributed by atoms with Crippen LogP contribution < -0.4 is 0 Å². The number of halogens is 2. The van der Waals surface area contributed by atoms with E-state index in [0.29, 0.717) is 15.7 Å². The van der Waals surface area contributed by atoms with Gasteiger partial charge in [0.1, 0.15) is 5.82 Å². The molecule has 172 valence electrons. The number of H-pyrrole nitrogens is 1. The quantitative estimate of drug-likeness (QED) is 0.282. The third-order valence-electron chi connectivity index (χ3n) is 5.74. The number of aromatic amines is 1. The molecule has 0 saturated carbocycles. The Morgan fingerprint density at radius 1 is 1.06 bits per heavy atom. The summed E-state index contributed by atoms with van der Waals surface area (Å²) in [7, 11) is -2.84. The van der Waals surface area contributed by atoms with Crippen molar-refractivity contribution in [3.8, 4) is 11.1 Å². The Balaban J connectivity index is 1.89. The molecule has 0 radical (unpaired) electrons. The molecule has 5 aromatic rings. The number of rotatable bonds is 4. The number of nitrogens with zero attached hydrogens (tertiary/aromatic N) is 3. The van der Waals surface area contributed by atoms with Crippen molar-refractivity contribution in [1.29, 1.82) is 0 Å². The second-order valence-electron chi connectivity index (χ2n) is 8.56. The number of hydrogen-bond acceptors (Lipinski definition) is 4. The van der Waals surface area contributed by atoms with Gasteiger partial charge < -0.3 is 0 Å². The number of benzene rings is 3. The fraction of sp³-hybridized carbons (Fsp3) is 0.154. The first kappa shape index (κ1) is 22.5. The van der Waals surface area contributed by atoms with Gasteiger partial charge in [-0.3, -0.25) is 5.10 Å². The molecule has 8 heteroatoms. The van der Waals surface area contributed by atoms with Crippen LogP contribution in [0.2, 0.25) is 5.02 Å². The third-order valence-corrected chi connectivity index (χ3v) is 7.63. The van der Waals surface area contributed by atoms with E-state index in [4.69, 9.17) is 16.6 Å². The highest BCUT2D eigenvalue weighted by molar-refractivity contribution is 7.93. The molecule has 5 rings (SSSR count). The zero-order chi connectivity index (χ0) is 24.0. The Morgan fingerprint density at radius 2 is 1.82 bits per heavy atom. The van der Waals surface area contributed by atoms with Crippen LogP contribution in [0.5, 0.6) is 0 Å². The van der Waals surface area contributed by atoms with Gasteiger partial charge in [0.25, 0.3) is 0 Å². The van der Waals surface area contributed by atoms with Crippen molar-refractivity contribution in [3.63, 3.8) is 0 Å². The lowest BCUT2D eigenvalue weighted by Crippen LogP contribution is -2.02. The van der Waals surface area contributed by atoms with E-state index in [-0.39, 0.29) is 11.7 Å². The summed E-state index contributed by atoms with van der Waals surface area (Å²) in [5.74, 6) is 0.120. The minimum atomic E-state index is -2.84. The van der Waals surface area contributed by atoms with Crippen molar-refractivity contribution in [3.05, 3.63) is 83.4 Å². The number of aromatic nitrogens is 3. The Hall–Kier alpha value is -3.29. The first-order chi connectivity index (χ1) is 16.2. The maximum atomic E-state index is 13.7. The Bertz CT molecular complexity index is 1670. The molecular formula is C26H22ClFN4OS. The van der Waals surface area contributed by atoms with E-state index >= 15 is 0 Å². The molecule has 2 heterocycles. The Kier molecular flexibility index (Phi) is 5.62. The first-order valence-electron chi connectivity index (χ1n) is 10.8. The minimum absolute atomic E-state index is 0.0394. The molecule has 0 aliphatic rings. The second-order valence-corrected chi connectivity index (χ2v) is 11.3. The SMILES string of the molecule is CC(C)c1nc(N=S(C)(=O)c2cccc(Cl)c2)c2cc3[nH]ncc3cc2c1-c1ccc(F)cc1.